The topological polar surface area (TPSA) is 66.2 Å². The molecule has 1 heterocycles. The molecule has 1 rings (SSSR count). The molecule has 0 aromatic carbocycles. The molecule has 0 atom stereocenters. The summed E-state index contributed by atoms with van der Waals surface area (Å²) < 4.78 is 0. The molecule has 0 fully saturated rings. The van der Waals surface area contributed by atoms with Gasteiger partial charge < -0.3 is 10.0 Å². The van der Waals surface area contributed by atoms with Crippen molar-refractivity contribution in [1.82, 2.24) is 9.97 Å². The van der Waals surface area contributed by atoms with E-state index in [4.69, 9.17) is 10.0 Å². The first-order valence-electron chi connectivity index (χ1n) is 2.42. The number of hydrogen-bond acceptors (Lipinski definition) is 4. The predicted molar refractivity (Wildman–Crippen MR) is 36.1 cm³/mol. The summed E-state index contributed by atoms with van der Waals surface area (Å²) >= 11 is 0. The van der Waals surface area contributed by atoms with Crippen LogP contribution in [-0.2, 0) is 0 Å². The molecule has 0 radical (unpaired) electrons. The van der Waals surface area contributed by atoms with Gasteiger partial charge in [-0.3, -0.25) is 0 Å². The van der Waals surface area contributed by atoms with Crippen molar-refractivity contribution in [2.75, 3.05) is 0 Å². The first-order valence-corrected chi connectivity index (χ1v) is 2.42. The highest BCUT2D eigenvalue weighted by atomic mass is 16.4. The molecule has 0 spiro atoms. The maximum Gasteiger partial charge on any atom is 0.491 e. The van der Waals surface area contributed by atoms with Gasteiger partial charge in [0.2, 0.25) is 0 Å². The Labute approximate surface area is 55.3 Å². The molecule has 0 saturated heterocycles. The van der Waals surface area contributed by atoms with E-state index in [9.17, 15) is 0 Å². The molecule has 1 aromatic rings. The van der Waals surface area contributed by atoms with Gasteiger partial charge in [-0.25, -0.2) is 9.97 Å². The Hall–Kier alpha value is -0.935. The monoisotopic (exact) mass is 128 g/mol. The van der Waals surface area contributed by atoms with E-state index in [2.05, 4.69) is 9.97 Å². The molecule has 0 bridgehead atoms. The molecule has 0 aliphatic rings. The Morgan fingerprint density at radius 2 is 1.89 bits per heavy atom. The van der Waals surface area contributed by atoms with E-state index in [-0.39, 0.29) is 2.85 Å². The molecule has 1 aromatic heterocycles. The lowest BCUT2D eigenvalue weighted by Crippen LogP contribution is -2.30. The van der Waals surface area contributed by atoms with E-state index in [1.165, 1.54) is 18.7 Å². The molecule has 0 unspecified atom stereocenters. The second kappa shape index (κ2) is 2.57. The summed E-state index contributed by atoms with van der Waals surface area (Å²) in [6.07, 6.45) is 4.02. The van der Waals surface area contributed by atoms with Gasteiger partial charge in [-0.15, -0.1) is 0 Å². The van der Waals surface area contributed by atoms with Gasteiger partial charge >= 0.3 is 7.12 Å². The van der Waals surface area contributed by atoms with E-state index in [1.807, 2.05) is 0 Å². The summed E-state index contributed by atoms with van der Waals surface area (Å²) in [5.41, 5.74) is 0.303. The average Bonchev–Trinajstić information content (AvgIpc) is 1.90. The van der Waals surface area contributed by atoms with Crippen LogP contribution < -0.4 is 5.46 Å². The third-order valence-corrected chi connectivity index (χ3v) is 0.879. The van der Waals surface area contributed by atoms with Gasteiger partial charge in [-0.2, -0.15) is 0 Å². The fourth-order valence-corrected chi connectivity index (χ4v) is 0.444. The summed E-state index contributed by atoms with van der Waals surface area (Å²) in [4.78, 5) is 7.15. The predicted octanol–water partition coefficient (Wildman–Crippen LogP) is -1.35. The highest BCUT2D eigenvalue weighted by molar-refractivity contribution is 6.58. The fraction of sp³-hybridized carbons (Fsp3) is 0. The minimum absolute atomic E-state index is 0. The Kier molecular flexibility index (Phi) is 1.76. The van der Waals surface area contributed by atoms with E-state index >= 15 is 0 Å². The highest BCUT2D eigenvalue weighted by Crippen LogP contribution is 1.72. The molecule has 0 saturated carbocycles. The number of rotatable bonds is 1. The molecule has 2 N–H and O–H groups in total. The van der Waals surface area contributed by atoms with Crippen LogP contribution in [0.15, 0.2) is 18.7 Å². The van der Waals surface area contributed by atoms with Crippen molar-refractivity contribution in [3.63, 3.8) is 0 Å². The molecular weight excluding hydrogens is 119 g/mol. The Bertz CT molecular complexity index is 187. The van der Waals surface area contributed by atoms with Crippen molar-refractivity contribution in [3.8, 4) is 0 Å². The van der Waals surface area contributed by atoms with Gasteiger partial charge in [0, 0.05) is 20.7 Å². The van der Waals surface area contributed by atoms with E-state index < -0.39 is 7.12 Å². The van der Waals surface area contributed by atoms with Crippen molar-refractivity contribution in [2.45, 2.75) is 0 Å². The molecule has 0 aliphatic heterocycles. The van der Waals surface area contributed by atoms with Crippen LogP contribution in [0.2, 0.25) is 0 Å². The van der Waals surface area contributed by atoms with Crippen LogP contribution in [0.1, 0.15) is 2.85 Å². The minimum Gasteiger partial charge on any atom is -0.423 e. The normalized spacial score (nSPS) is 9.11. The van der Waals surface area contributed by atoms with E-state index in [1.54, 1.807) is 0 Å². The van der Waals surface area contributed by atoms with Crippen molar-refractivity contribution in [1.29, 1.82) is 0 Å². The molecule has 50 valence electrons. The first kappa shape index (κ1) is 6.19. The average molecular weight is 128 g/mol. The van der Waals surface area contributed by atoms with E-state index in [0.29, 0.717) is 5.46 Å². The van der Waals surface area contributed by atoms with Crippen LogP contribution in [-0.4, -0.2) is 27.1 Å². The summed E-state index contributed by atoms with van der Waals surface area (Å²) in [5.74, 6) is 0. The van der Waals surface area contributed by atoms with E-state index in [0.717, 1.165) is 0 Å². The van der Waals surface area contributed by atoms with Gasteiger partial charge in [0.25, 0.3) is 0 Å². The first-order chi connectivity index (χ1) is 4.30. The molecular formula is C4H9BN2O2. The van der Waals surface area contributed by atoms with Gasteiger partial charge in [0.1, 0.15) is 6.33 Å². The maximum absolute atomic E-state index is 8.50. The summed E-state index contributed by atoms with van der Waals surface area (Å²) in [6, 6.07) is 0. The summed E-state index contributed by atoms with van der Waals surface area (Å²) in [5, 5.41) is 17.0. The maximum atomic E-state index is 8.50. The lowest BCUT2D eigenvalue weighted by atomic mass is 9.83. The van der Waals surface area contributed by atoms with Gasteiger partial charge in [-0.05, 0) is 0 Å². The van der Waals surface area contributed by atoms with Gasteiger partial charge in [-0.1, -0.05) is 0 Å². The molecule has 5 heteroatoms. The standard InChI is InChI=1S/C4H5BN2O2.2H2/c8-5(9)4-1-6-3-7-2-4;;/h1-3,8-9H;2*1H. The molecule has 0 aliphatic carbocycles. The minimum atomic E-state index is -1.47. The molecule has 0 amide bonds. The zero-order valence-electron chi connectivity index (χ0n) is 4.60. The van der Waals surface area contributed by atoms with Crippen LogP contribution in [0.3, 0.4) is 0 Å². The zero-order chi connectivity index (χ0) is 6.69. The van der Waals surface area contributed by atoms with Crippen LogP contribution in [0.25, 0.3) is 0 Å². The smallest absolute Gasteiger partial charge is 0.423 e. The van der Waals surface area contributed by atoms with Crippen LogP contribution in [0.4, 0.5) is 0 Å². The largest absolute Gasteiger partial charge is 0.491 e. The zero-order valence-corrected chi connectivity index (χ0v) is 4.60. The summed E-state index contributed by atoms with van der Waals surface area (Å²) in [7, 11) is -1.47. The fourth-order valence-electron chi connectivity index (χ4n) is 0.444. The Balaban J connectivity index is 0. The summed E-state index contributed by atoms with van der Waals surface area (Å²) in [6.45, 7) is 0. The van der Waals surface area contributed by atoms with Gasteiger partial charge in [0.15, 0.2) is 0 Å². The number of nitrogens with zero attached hydrogens (tertiary/aromatic N) is 2. The van der Waals surface area contributed by atoms with Crippen LogP contribution in [0, 0.1) is 0 Å². The second-order valence-electron chi connectivity index (χ2n) is 1.55. The van der Waals surface area contributed by atoms with Crippen molar-refractivity contribution in [3.05, 3.63) is 18.7 Å². The van der Waals surface area contributed by atoms with Crippen molar-refractivity contribution in [2.24, 2.45) is 0 Å². The second-order valence-corrected chi connectivity index (χ2v) is 1.55. The van der Waals surface area contributed by atoms with Gasteiger partial charge in [0.05, 0.1) is 0 Å². The quantitative estimate of drug-likeness (QED) is 0.458. The number of hydrogen-bond donors (Lipinski definition) is 2. The number of aromatic nitrogens is 2. The Morgan fingerprint density at radius 1 is 1.33 bits per heavy atom. The van der Waals surface area contributed by atoms with Crippen molar-refractivity contribution < 1.29 is 12.9 Å². The molecule has 4 nitrogen and oxygen atoms in total. The highest BCUT2D eigenvalue weighted by Gasteiger charge is 2.09. The van der Waals surface area contributed by atoms with Crippen molar-refractivity contribution >= 4 is 12.6 Å². The lowest BCUT2D eigenvalue weighted by Gasteiger charge is -1.92. The SMILES string of the molecule is OB(O)c1cncnc1.[HH].[HH]. The van der Waals surface area contributed by atoms with Crippen LogP contribution >= 0.6 is 0 Å². The third-order valence-electron chi connectivity index (χ3n) is 0.879. The molecule has 9 heavy (non-hydrogen) atoms. The van der Waals surface area contributed by atoms with Crippen LogP contribution in [0.5, 0.6) is 0 Å². The third kappa shape index (κ3) is 1.48. The Morgan fingerprint density at radius 3 is 2.22 bits per heavy atom. The lowest BCUT2D eigenvalue weighted by molar-refractivity contribution is 0.425.